The lowest BCUT2D eigenvalue weighted by Gasteiger charge is -2.32. The van der Waals surface area contributed by atoms with Crippen LogP contribution in [0.5, 0.6) is 0 Å². The van der Waals surface area contributed by atoms with E-state index in [1.807, 2.05) is 59.6 Å². The molecule has 1 aliphatic rings. The fraction of sp³-hybridized carbons (Fsp3) is 0.304. The maximum Gasteiger partial charge on any atom is 0.317 e. The predicted octanol–water partition coefficient (Wildman–Crippen LogP) is 4.17. The van der Waals surface area contributed by atoms with Crippen LogP contribution in [0.4, 0.5) is 4.79 Å². The molecular formula is C23H26N4O. The van der Waals surface area contributed by atoms with Crippen LogP contribution in [0.1, 0.15) is 18.4 Å². The van der Waals surface area contributed by atoms with Crippen LogP contribution in [-0.2, 0) is 13.1 Å². The van der Waals surface area contributed by atoms with Gasteiger partial charge in [0.25, 0.3) is 0 Å². The van der Waals surface area contributed by atoms with Gasteiger partial charge in [0.1, 0.15) is 5.82 Å². The Bertz CT molecular complexity index is 883. The summed E-state index contributed by atoms with van der Waals surface area (Å²) >= 11 is 0. The second-order valence-electron chi connectivity index (χ2n) is 7.34. The van der Waals surface area contributed by atoms with Gasteiger partial charge >= 0.3 is 6.03 Å². The Hall–Kier alpha value is -3.08. The summed E-state index contributed by atoms with van der Waals surface area (Å²) in [4.78, 5) is 18.9. The molecular weight excluding hydrogens is 348 g/mol. The Morgan fingerprint density at radius 2 is 1.68 bits per heavy atom. The molecule has 4 rings (SSSR count). The smallest absolute Gasteiger partial charge is 0.317 e. The highest BCUT2D eigenvalue weighted by atomic mass is 16.2. The molecule has 1 fully saturated rings. The average molecular weight is 374 g/mol. The zero-order valence-corrected chi connectivity index (χ0v) is 16.0. The molecule has 2 heterocycles. The Morgan fingerprint density at radius 3 is 2.39 bits per heavy atom. The summed E-state index contributed by atoms with van der Waals surface area (Å²) in [7, 11) is 0. The minimum Gasteiger partial charge on any atom is -0.334 e. The molecule has 0 atom stereocenters. The molecule has 3 aromatic rings. The molecule has 0 aliphatic carbocycles. The molecule has 1 aliphatic heterocycles. The predicted molar refractivity (Wildman–Crippen MR) is 111 cm³/mol. The van der Waals surface area contributed by atoms with E-state index in [9.17, 15) is 4.79 Å². The van der Waals surface area contributed by atoms with Crippen LogP contribution in [0.3, 0.4) is 0 Å². The first kappa shape index (κ1) is 18.3. The van der Waals surface area contributed by atoms with Crippen molar-refractivity contribution in [1.29, 1.82) is 0 Å². The third-order valence-corrected chi connectivity index (χ3v) is 5.39. The second-order valence-corrected chi connectivity index (χ2v) is 7.34. The van der Waals surface area contributed by atoms with Crippen molar-refractivity contribution >= 4 is 6.03 Å². The summed E-state index contributed by atoms with van der Waals surface area (Å²) in [6, 6.07) is 20.4. The number of carbonyl (C=O) groups is 1. The van der Waals surface area contributed by atoms with Gasteiger partial charge in [-0.3, -0.25) is 0 Å². The van der Waals surface area contributed by atoms with E-state index < -0.39 is 0 Å². The van der Waals surface area contributed by atoms with Gasteiger partial charge < -0.3 is 14.8 Å². The molecule has 5 heteroatoms. The summed E-state index contributed by atoms with van der Waals surface area (Å²) < 4.78 is 2.24. The highest BCUT2D eigenvalue weighted by molar-refractivity contribution is 5.74. The number of hydrogen-bond acceptors (Lipinski definition) is 2. The highest BCUT2D eigenvalue weighted by Gasteiger charge is 2.23. The number of likely N-dealkylation sites (tertiary alicyclic amines) is 1. The number of nitrogens with one attached hydrogen (secondary N) is 1. The van der Waals surface area contributed by atoms with Crippen molar-refractivity contribution in [2.75, 3.05) is 13.1 Å². The summed E-state index contributed by atoms with van der Waals surface area (Å²) in [6.07, 6.45) is 5.96. The van der Waals surface area contributed by atoms with Crippen LogP contribution >= 0.6 is 0 Å². The third kappa shape index (κ3) is 4.42. The van der Waals surface area contributed by atoms with Crippen molar-refractivity contribution in [3.8, 4) is 11.4 Å². The van der Waals surface area contributed by atoms with E-state index in [0.29, 0.717) is 12.5 Å². The largest absolute Gasteiger partial charge is 0.334 e. The Kier molecular flexibility index (Phi) is 5.71. The number of imidazole rings is 1. The summed E-state index contributed by atoms with van der Waals surface area (Å²) in [5.74, 6) is 1.58. The van der Waals surface area contributed by atoms with Crippen molar-refractivity contribution in [3.63, 3.8) is 0 Å². The summed E-state index contributed by atoms with van der Waals surface area (Å²) in [5, 5.41) is 3.03. The van der Waals surface area contributed by atoms with Gasteiger partial charge in [-0.2, -0.15) is 0 Å². The van der Waals surface area contributed by atoms with Crippen molar-refractivity contribution in [3.05, 3.63) is 78.6 Å². The molecule has 5 nitrogen and oxygen atoms in total. The molecule has 0 saturated carbocycles. The van der Waals surface area contributed by atoms with Gasteiger partial charge in [0.15, 0.2) is 0 Å². The number of benzene rings is 2. The van der Waals surface area contributed by atoms with Crippen LogP contribution in [0, 0.1) is 5.92 Å². The Morgan fingerprint density at radius 1 is 1.00 bits per heavy atom. The van der Waals surface area contributed by atoms with Crippen molar-refractivity contribution in [1.82, 2.24) is 19.8 Å². The summed E-state index contributed by atoms with van der Waals surface area (Å²) in [5.41, 5.74) is 2.27. The van der Waals surface area contributed by atoms with Gasteiger partial charge in [-0.1, -0.05) is 60.7 Å². The SMILES string of the molecule is O=C(NCc1ccccc1)N1CCC(Cn2ccnc2-c2ccccc2)CC1. The van der Waals surface area contributed by atoms with E-state index in [2.05, 4.69) is 33.2 Å². The number of nitrogens with zero attached hydrogens (tertiary/aromatic N) is 3. The van der Waals surface area contributed by atoms with E-state index in [-0.39, 0.29) is 6.03 Å². The first-order valence-corrected chi connectivity index (χ1v) is 9.93. The number of hydrogen-bond donors (Lipinski definition) is 1. The number of urea groups is 1. The lowest BCUT2D eigenvalue weighted by Crippen LogP contribution is -2.44. The van der Waals surface area contributed by atoms with E-state index in [4.69, 9.17) is 0 Å². The van der Waals surface area contributed by atoms with Gasteiger partial charge in [0.2, 0.25) is 0 Å². The molecule has 2 aromatic carbocycles. The van der Waals surface area contributed by atoms with Gasteiger partial charge in [-0.25, -0.2) is 9.78 Å². The number of amides is 2. The van der Waals surface area contributed by atoms with Crippen LogP contribution in [-0.4, -0.2) is 33.6 Å². The van der Waals surface area contributed by atoms with E-state index >= 15 is 0 Å². The Labute approximate surface area is 166 Å². The molecule has 144 valence electrons. The molecule has 0 unspecified atom stereocenters. The fourth-order valence-electron chi connectivity index (χ4n) is 3.79. The number of carbonyl (C=O) groups excluding carboxylic acids is 1. The van der Waals surface area contributed by atoms with Gasteiger partial charge in [-0.05, 0) is 24.3 Å². The molecule has 0 radical (unpaired) electrons. The molecule has 28 heavy (non-hydrogen) atoms. The van der Waals surface area contributed by atoms with Crippen LogP contribution in [0.2, 0.25) is 0 Å². The lowest BCUT2D eigenvalue weighted by atomic mass is 9.97. The fourth-order valence-corrected chi connectivity index (χ4v) is 3.79. The maximum absolute atomic E-state index is 12.4. The Balaban J connectivity index is 1.28. The molecule has 2 amide bonds. The first-order valence-electron chi connectivity index (χ1n) is 9.93. The van der Waals surface area contributed by atoms with Gasteiger partial charge in [0.05, 0.1) is 0 Å². The molecule has 1 N–H and O–H groups in total. The molecule has 0 spiro atoms. The van der Waals surface area contributed by atoms with Crippen LogP contribution in [0.15, 0.2) is 73.1 Å². The van der Waals surface area contributed by atoms with Gasteiger partial charge in [-0.15, -0.1) is 0 Å². The first-order chi connectivity index (χ1) is 13.8. The monoisotopic (exact) mass is 374 g/mol. The van der Waals surface area contributed by atoms with Crippen molar-refractivity contribution < 1.29 is 4.79 Å². The van der Waals surface area contributed by atoms with Crippen LogP contribution < -0.4 is 5.32 Å². The quantitative estimate of drug-likeness (QED) is 0.729. The van der Waals surface area contributed by atoms with E-state index in [1.165, 1.54) is 0 Å². The lowest BCUT2D eigenvalue weighted by molar-refractivity contribution is 0.165. The maximum atomic E-state index is 12.4. The zero-order chi connectivity index (χ0) is 19.2. The van der Waals surface area contributed by atoms with Crippen molar-refractivity contribution in [2.24, 2.45) is 5.92 Å². The highest BCUT2D eigenvalue weighted by Crippen LogP contribution is 2.23. The normalized spacial score (nSPS) is 14.8. The van der Waals surface area contributed by atoms with Crippen molar-refractivity contribution in [2.45, 2.75) is 25.9 Å². The van der Waals surface area contributed by atoms with E-state index in [0.717, 1.165) is 49.4 Å². The standard InChI is InChI=1S/C23H26N4O/c28-23(25-17-19-7-3-1-4-8-19)26-14-11-20(12-15-26)18-27-16-13-24-22(27)21-9-5-2-6-10-21/h1-10,13,16,20H,11-12,14-15,17-18H2,(H,25,28). The molecule has 1 aromatic heterocycles. The number of aromatic nitrogens is 2. The summed E-state index contributed by atoms with van der Waals surface area (Å²) in [6.45, 7) is 3.14. The zero-order valence-electron chi connectivity index (χ0n) is 16.0. The minimum absolute atomic E-state index is 0.0370. The third-order valence-electron chi connectivity index (χ3n) is 5.39. The number of piperidine rings is 1. The average Bonchev–Trinajstić information content (AvgIpc) is 3.22. The number of rotatable bonds is 5. The van der Waals surface area contributed by atoms with Crippen LogP contribution in [0.25, 0.3) is 11.4 Å². The second kappa shape index (κ2) is 8.74. The topological polar surface area (TPSA) is 50.2 Å². The minimum atomic E-state index is 0.0370. The molecule has 0 bridgehead atoms. The van der Waals surface area contributed by atoms with Gasteiger partial charge in [0, 0.05) is 44.1 Å². The molecule has 1 saturated heterocycles. The van der Waals surface area contributed by atoms with E-state index in [1.54, 1.807) is 0 Å².